The van der Waals surface area contributed by atoms with Gasteiger partial charge in [0.15, 0.2) is 5.82 Å². The number of nitrogens with one attached hydrogen (secondary N) is 2. The molecule has 10 heteroatoms. The van der Waals surface area contributed by atoms with Crippen LogP contribution in [-0.4, -0.2) is 46.6 Å². The number of rotatable bonds is 5. The molecule has 5 rings (SSSR count). The predicted octanol–water partition coefficient (Wildman–Crippen LogP) is 2.59. The number of aromatic amines is 1. The number of nitrogens with zero attached hydrogens (tertiary/aromatic N) is 4. The van der Waals surface area contributed by atoms with Gasteiger partial charge in [-0.05, 0) is 41.0 Å². The van der Waals surface area contributed by atoms with Crippen LogP contribution in [0.5, 0.6) is 0 Å². The quantitative estimate of drug-likeness (QED) is 0.637. The summed E-state index contributed by atoms with van der Waals surface area (Å²) >= 11 is 0. The van der Waals surface area contributed by atoms with Crippen LogP contribution < -0.4 is 15.1 Å². The first kappa shape index (κ1) is 20.0. The molecule has 0 bridgehead atoms. The Kier molecular flexibility index (Phi) is 4.96. The second-order valence-corrected chi connectivity index (χ2v) is 7.89. The van der Waals surface area contributed by atoms with Gasteiger partial charge in [-0.1, -0.05) is 12.1 Å². The zero-order valence-electron chi connectivity index (χ0n) is 17.3. The van der Waals surface area contributed by atoms with E-state index < -0.39 is 18.0 Å². The molecule has 2 amide bonds. The van der Waals surface area contributed by atoms with Crippen LogP contribution in [-0.2, 0) is 22.6 Å². The molecular formula is C22H21FN6O3. The summed E-state index contributed by atoms with van der Waals surface area (Å²) in [6.07, 6.45) is 0.645. The van der Waals surface area contributed by atoms with Crippen LogP contribution in [0.15, 0.2) is 42.6 Å². The van der Waals surface area contributed by atoms with Gasteiger partial charge in [-0.25, -0.2) is 9.18 Å². The molecular weight excluding hydrogens is 415 g/mol. The van der Waals surface area contributed by atoms with E-state index in [-0.39, 0.29) is 19.0 Å². The van der Waals surface area contributed by atoms with Crippen LogP contribution in [0.4, 0.5) is 20.7 Å². The summed E-state index contributed by atoms with van der Waals surface area (Å²) in [5.74, 6) is 0.146. The van der Waals surface area contributed by atoms with E-state index in [1.165, 1.54) is 23.5 Å². The fourth-order valence-corrected chi connectivity index (χ4v) is 4.07. The van der Waals surface area contributed by atoms with E-state index in [4.69, 9.17) is 4.74 Å². The Hall–Kier alpha value is -3.95. The normalized spacial score (nSPS) is 17.4. The van der Waals surface area contributed by atoms with Crippen molar-refractivity contribution < 1.29 is 18.7 Å². The van der Waals surface area contributed by atoms with Gasteiger partial charge in [-0.15, -0.1) is 5.10 Å². The number of carbonyl (C=O) groups is 2. The number of carbonyl (C=O) groups excluding carboxylic acids is 2. The lowest BCUT2D eigenvalue weighted by Crippen LogP contribution is -2.33. The number of benzene rings is 2. The van der Waals surface area contributed by atoms with Crippen LogP contribution in [0.1, 0.15) is 18.1 Å². The molecule has 0 saturated carbocycles. The van der Waals surface area contributed by atoms with Crippen molar-refractivity contribution >= 4 is 23.5 Å². The topological polar surface area (TPSA) is 103 Å². The molecule has 2 aliphatic heterocycles. The summed E-state index contributed by atoms with van der Waals surface area (Å²) in [5, 5.41) is 13.2. The summed E-state index contributed by atoms with van der Waals surface area (Å²) in [6.45, 7) is 3.26. The Balaban J connectivity index is 1.33. The van der Waals surface area contributed by atoms with E-state index in [1.807, 2.05) is 18.2 Å². The lowest BCUT2D eigenvalue weighted by molar-refractivity contribution is -0.119. The molecule has 1 atom stereocenters. The molecule has 3 heterocycles. The molecule has 2 N–H and O–H groups in total. The van der Waals surface area contributed by atoms with Crippen LogP contribution in [0, 0.1) is 5.82 Å². The molecule has 1 fully saturated rings. The van der Waals surface area contributed by atoms with Gasteiger partial charge in [0.05, 0.1) is 25.0 Å². The Bertz CT molecular complexity index is 1180. The zero-order valence-corrected chi connectivity index (χ0v) is 17.3. The lowest BCUT2D eigenvalue weighted by Gasteiger charge is -2.15. The largest absolute Gasteiger partial charge is 0.442 e. The number of hydrogen-bond donors (Lipinski definition) is 2. The monoisotopic (exact) mass is 436 g/mol. The van der Waals surface area contributed by atoms with Gasteiger partial charge in [-0.2, -0.15) is 10.3 Å². The van der Waals surface area contributed by atoms with Gasteiger partial charge in [0.2, 0.25) is 5.91 Å². The standard InChI is InChI=1S/C22H21FN6O3/c1-13(30)24-8-18-12-29(22(31)32-18)17-4-5-19(20(23)7-17)14-2-3-15-10-28(11-16(15)6-14)21-9-25-27-26-21/h2-7,9,18H,8,10-12H2,1H3,(H,24,30)(H,25,26,27)/t18-/m0/s1. The maximum absolute atomic E-state index is 15.1. The molecule has 164 valence electrons. The Labute approximate surface area is 183 Å². The summed E-state index contributed by atoms with van der Waals surface area (Å²) in [4.78, 5) is 26.7. The first-order chi connectivity index (χ1) is 15.5. The van der Waals surface area contributed by atoms with Gasteiger partial charge in [0.1, 0.15) is 11.9 Å². The van der Waals surface area contributed by atoms with Crippen molar-refractivity contribution in [2.45, 2.75) is 26.1 Å². The maximum Gasteiger partial charge on any atom is 0.414 e. The molecule has 2 aromatic carbocycles. The molecule has 32 heavy (non-hydrogen) atoms. The minimum atomic E-state index is -0.557. The molecule has 0 aliphatic carbocycles. The van der Waals surface area contributed by atoms with Crippen molar-refractivity contribution in [3.63, 3.8) is 0 Å². The molecule has 0 radical (unpaired) electrons. The lowest BCUT2D eigenvalue weighted by atomic mass is 10.00. The zero-order chi connectivity index (χ0) is 22.2. The Morgan fingerprint density at radius 1 is 1.25 bits per heavy atom. The number of H-pyrrole nitrogens is 1. The maximum atomic E-state index is 15.1. The number of fused-ring (bicyclic) bond motifs is 1. The van der Waals surface area contributed by atoms with Crippen molar-refractivity contribution in [1.82, 2.24) is 20.7 Å². The Morgan fingerprint density at radius 2 is 2.09 bits per heavy atom. The first-order valence-electron chi connectivity index (χ1n) is 10.2. The molecule has 3 aromatic rings. The fourth-order valence-electron chi connectivity index (χ4n) is 4.07. The predicted molar refractivity (Wildman–Crippen MR) is 114 cm³/mol. The highest BCUT2D eigenvalue weighted by Gasteiger charge is 2.32. The third kappa shape index (κ3) is 3.75. The number of amides is 2. The average Bonchev–Trinajstić information content (AvgIpc) is 3.51. The number of aromatic nitrogens is 3. The average molecular weight is 436 g/mol. The van der Waals surface area contributed by atoms with Crippen molar-refractivity contribution in [3.8, 4) is 11.1 Å². The van der Waals surface area contributed by atoms with Crippen molar-refractivity contribution in [2.75, 3.05) is 22.9 Å². The highest BCUT2D eigenvalue weighted by Crippen LogP contribution is 2.33. The summed E-state index contributed by atoms with van der Waals surface area (Å²) in [6, 6.07) is 10.6. The van der Waals surface area contributed by atoms with E-state index in [2.05, 4.69) is 25.6 Å². The van der Waals surface area contributed by atoms with Gasteiger partial charge in [-0.3, -0.25) is 9.69 Å². The fraction of sp³-hybridized carbons (Fsp3) is 0.273. The number of halogens is 1. The number of ether oxygens (including phenoxy) is 1. The van der Waals surface area contributed by atoms with Crippen LogP contribution in [0.3, 0.4) is 0 Å². The third-order valence-corrected chi connectivity index (χ3v) is 5.68. The van der Waals surface area contributed by atoms with E-state index >= 15 is 4.39 Å². The van der Waals surface area contributed by atoms with Crippen LogP contribution in [0.25, 0.3) is 11.1 Å². The molecule has 1 saturated heterocycles. The molecule has 1 aromatic heterocycles. The molecule has 0 unspecified atom stereocenters. The van der Waals surface area contributed by atoms with Gasteiger partial charge >= 0.3 is 6.09 Å². The number of anilines is 2. The Morgan fingerprint density at radius 3 is 2.84 bits per heavy atom. The second kappa shape index (κ2) is 7.95. The molecule has 2 aliphatic rings. The van der Waals surface area contributed by atoms with Crippen LogP contribution >= 0.6 is 0 Å². The van der Waals surface area contributed by atoms with E-state index in [0.717, 1.165) is 23.5 Å². The van der Waals surface area contributed by atoms with Crippen LogP contribution in [0.2, 0.25) is 0 Å². The summed E-state index contributed by atoms with van der Waals surface area (Å²) < 4.78 is 20.3. The molecule has 9 nitrogen and oxygen atoms in total. The number of cyclic esters (lactones) is 1. The highest BCUT2D eigenvalue weighted by atomic mass is 19.1. The smallest absolute Gasteiger partial charge is 0.414 e. The minimum Gasteiger partial charge on any atom is -0.442 e. The van der Waals surface area contributed by atoms with Gasteiger partial charge in [0.25, 0.3) is 0 Å². The van der Waals surface area contributed by atoms with E-state index in [9.17, 15) is 9.59 Å². The SMILES string of the molecule is CC(=O)NC[C@H]1CN(c2ccc(-c3ccc4c(c3)CN(c3cn[nH]n3)C4)c(F)c2)C(=O)O1. The van der Waals surface area contributed by atoms with Crippen molar-refractivity contribution in [3.05, 3.63) is 59.5 Å². The summed E-state index contributed by atoms with van der Waals surface area (Å²) in [5.41, 5.74) is 3.91. The van der Waals surface area contributed by atoms with Crippen molar-refractivity contribution in [1.29, 1.82) is 0 Å². The molecule has 0 spiro atoms. The van der Waals surface area contributed by atoms with E-state index in [1.54, 1.807) is 18.3 Å². The second-order valence-electron chi connectivity index (χ2n) is 7.89. The minimum absolute atomic E-state index is 0.201. The summed E-state index contributed by atoms with van der Waals surface area (Å²) in [7, 11) is 0. The highest BCUT2D eigenvalue weighted by molar-refractivity contribution is 5.90. The first-order valence-corrected chi connectivity index (χ1v) is 10.2. The third-order valence-electron chi connectivity index (χ3n) is 5.68. The number of hydrogen-bond acceptors (Lipinski definition) is 6. The van der Waals surface area contributed by atoms with Gasteiger partial charge in [0, 0.05) is 25.6 Å². The van der Waals surface area contributed by atoms with E-state index in [0.29, 0.717) is 17.8 Å². The van der Waals surface area contributed by atoms with Gasteiger partial charge < -0.3 is 15.0 Å². The van der Waals surface area contributed by atoms with Crippen molar-refractivity contribution in [2.24, 2.45) is 0 Å².